The van der Waals surface area contributed by atoms with Crippen molar-refractivity contribution in [2.75, 3.05) is 6.61 Å². The van der Waals surface area contributed by atoms with Crippen molar-refractivity contribution in [1.82, 2.24) is 0 Å². The third kappa shape index (κ3) is 8.07. The van der Waals surface area contributed by atoms with Gasteiger partial charge in [-0.15, -0.1) is 5.54 Å². The Bertz CT molecular complexity index is 278. The highest BCUT2D eigenvalue weighted by molar-refractivity contribution is 6.83. The minimum atomic E-state index is -1.43. The molecule has 0 aliphatic rings. The fourth-order valence-electron chi connectivity index (χ4n) is 0.719. The second-order valence-corrected chi connectivity index (χ2v) is 9.55. The number of ether oxygens (including phenoxy) is 2. The number of rotatable bonds is 2. The van der Waals surface area contributed by atoms with Gasteiger partial charge in [0.05, 0.1) is 6.61 Å². The molecule has 0 aliphatic carbocycles. The smallest absolute Gasteiger partial charge is 0.435 e. The van der Waals surface area contributed by atoms with Crippen LogP contribution in [0.2, 0.25) is 19.6 Å². The minimum absolute atomic E-state index is 0.316. The third-order valence-electron chi connectivity index (χ3n) is 1.34. The van der Waals surface area contributed by atoms with Gasteiger partial charge in [0, 0.05) is 0 Å². The Kier molecular flexibility index (Phi) is 4.89. The Morgan fingerprint density at radius 1 is 1.33 bits per heavy atom. The normalized spacial score (nSPS) is 11.3. The molecule has 0 saturated carbocycles. The standard InChI is InChI=1S/C11H20O3Si/c1-7-13-10(12)14-11(2,3)8-9-15(4,5)6/h7H2,1-6H3. The van der Waals surface area contributed by atoms with Gasteiger partial charge in [0.25, 0.3) is 0 Å². The fraction of sp³-hybridized carbons (Fsp3) is 0.727. The van der Waals surface area contributed by atoms with Crippen LogP contribution in [0.25, 0.3) is 0 Å². The molecule has 0 atom stereocenters. The van der Waals surface area contributed by atoms with Crippen LogP contribution < -0.4 is 0 Å². The van der Waals surface area contributed by atoms with E-state index in [0.29, 0.717) is 6.61 Å². The summed E-state index contributed by atoms with van der Waals surface area (Å²) in [5.74, 6) is 2.98. The first-order valence-corrected chi connectivity index (χ1v) is 8.56. The topological polar surface area (TPSA) is 35.5 Å². The molecule has 0 rings (SSSR count). The van der Waals surface area contributed by atoms with Crippen LogP contribution in [0.1, 0.15) is 20.8 Å². The van der Waals surface area contributed by atoms with E-state index in [-0.39, 0.29) is 0 Å². The van der Waals surface area contributed by atoms with Crippen molar-refractivity contribution in [1.29, 1.82) is 0 Å². The summed E-state index contributed by atoms with van der Waals surface area (Å²) >= 11 is 0. The molecule has 3 nitrogen and oxygen atoms in total. The predicted octanol–water partition coefficient (Wildman–Crippen LogP) is 2.82. The van der Waals surface area contributed by atoms with Gasteiger partial charge >= 0.3 is 6.16 Å². The molecule has 0 bridgehead atoms. The summed E-state index contributed by atoms with van der Waals surface area (Å²) in [6.45, 7) is 12.0. The maximum absolute atomic E-state index is 11.1. The molecule has 4 heteroatoms. The van der Waals surface area contributed by atoms with Crippen molar-refractivity contribution in [3.8, 4) is 11.5 Å². The number of carbonyl (C=O) groups excluding carboxylic acids is 1. The lowest BCUT2D eigenvalue weighted by atomic mass is 10.2. The summed E-state index contributed by atoms with van der Waals surface area (Å²) in [7, 11) is -1.43. The zero-order chi connectivity index (χ0) is 12.1. The van der Waals surface area contributed by atoms with Crippen molar-refractivity contribution in [2.45, 2.75) is 46.0 Å². The molecular formula is C11H20O3Si. The molecule has 0 saturated heterocycles. The van der Waals surface area contributed by atoms with E-state index in [2.05, 4.69) is 31.1 Å². The first kappa shape index (κ1) is 14.0. The van der Waals surface area contributed by atoms with Crippen LogP contribution in [0.15, 0.2) is 0 Å². The van der Waals surface area contributed by atoms with E-state index in [9.17, 15) is 4.79 Å². The average molecular weight is 228 g/mol. The molecular weight excluding hydrogens is 208 g/mol. The highest BCUT2D eigenvalue weighted by Gasteiger charge is 2.21. The van der Waals surface area contributed by atoms with E-state index in [1.807, 2.05) is 0 Å². The lowest BCUT2D eigenvalue weighted by molar-refractivity contribution is 0.0125. The van der Waals surface area contributed by atoms with E-state index in [1.54, 1.807) is 20.8 Å². The molecule has 0 aromatic heterocycles. The summed E-state index contributed by atoms with van der Waals surface area (Å²) in [5, 5.41) is 0. The van der Waals surface area contributed by atoms with Crippen LogP contribution in [0.5, 0.6) is 0 Å². The minimum Gasteiger partial charge on any atom is -0.435 e. The summed E-state index contributed by atoms with van der Waals surface area (Å²) in [4.78, 5) is 11.1. The molecule has 0 aromatic carbocycles. The second-order valence-electron chi connectivity index (χ2n) is 4.80. The van der Waals surface area contributed by atoms with Gasteiger partial charge < -0.3 is 9.47 Å². The highest BCUT2D eigenvalue weighted by atomic mass is 28.3. The molecule has 0 heterocycles. The van der Waals surface area contributed by atoms with Crippen molar-refractivity contribution >= 4 is 14.2 Å². The molecule has 0 amide bonds. The molecule has 0 fully saturated rings. The molecule has 0 N–H and O–H groups in total. The first-order valence-electron chi connectivity index (χ1n) is 5.06. The lowest BCUT2D eigenvalue weighted by Gasteiger charge is -2.18. The molecule has 15 heavy (non-hydrogen) atoms. The monoisotopic (exact) mass is 228 g/mol. The maximum atomic E-state index is 11.1. The summed E-state index contributed by atoms with van der Waals surface area (Å²) < 4.78 is 9.75. The van der Waals surface area contributed by atoms with Crippen LogP contribution in [-0.4, -0.2) is 26.4 Å². The molecule has 0 spiro atoms. The quantitative estimate of drug-likeness (QED) is 0.414. The lowest BCUT2D eigenvalue weighted by Crippen LogP contribution is -2.28. The number of carbonyl (C=O) groups is 1. The van der Waals surface area contributed by atoms with Crippen LogP contribution in [0.3, 0.4) is 0 Å². The van der Waals surface area contributed by atoms with E-state index >= 15 is 0 Å². The van der Waals surface area contributed by atoms with Crippen molar-refractivity contribution in [3.63, 3.8) is 0 Å². The van der Waals surface area contributed by atoms with Gasteiger partial charge in [-0.3, -0.25) is 0 Å². The van der Waals surface area contributed by atoms with E-state index in [4.69, 9.17) is 9.47 Å². The third-order valence-corrected chi connectivity index (χ3v) is 2.21. The molecule has 86 valence electrons. The molecule has 0 unspecified atom stereocenters. The van der Waals surface area contributed by atoms with E-state index in [0.717, 1.165) is 0 Å². The molecule has 0 aromatic rings. The number of hydrogen-bond donors (Lipinski definition) is 0. The molecule has 0 aliphatic heterocycles. The average Bonchev–Trinajstić information content (AvgIpc) is 1.99. The maximum Gasteiger partial charge on any atom is 0.509 e. The fourth-order valence-corrected chi connectivity index (χ4v) is 1.40. The first-order chi connectivity index (χ1) is 6.66. The van der Waals surface area contributed by atoms with Gasteiger partial charge in [-0.1, -0.05) is 25.6 Å². The predicted molar refractivity (Wildman–Crippen MR) is 63.3 cm³/mol. The van der Waals surface area contributed by atoms with E-state index in [1.165, 1.54) is 0 Å². The Morgan fingerprint density at radius 3 is 2.27 bits per heavy atom. The van der Waals surface area contributed by atoms with Gasteiger partial charge in [-0.2, -0.15) is 0 Å². The van der Waals surface area contributed by atoms with Gasteiger partial charge in [-0.05, 0) is 20.8 Å². The van der Waals surface area contributed by atoms with Crippen molar-refractivity contribution < 1.29 is 14.3 Å². The van der Waals surface area contributed by atoms with Crippen LogP contribution in [-0.2, 0) is 9.47 Å². The zero-order valence-electron chi connectivity index (χ0n) is 10.4. The zero-order valence-corrected chi connectivity index (χ0v) is 11.4. The number of hydrogen-bond acceptors (Lipinski definition) is 3. The Balaban J connectivity index is 4.41. The van der Waals surface area contributed by atoms with Gasteiger partial charge in [-0.25, -0.2) is 4.79 Å². The summed E-state index contributed by atoms with van der Waals surface area (Å²) in [6.07, 6.45) is -0.660. The van der Waals surface area contributed by atoms with Gasteiger partial charge in [0.2, 0.25) is 0 Å². The van der Waals surface area contributed by atoms with Crippen molar-refractivity contribution in [2.24, 2.45) is 0 Å². The van der Waals surface area contributed by atoms with Crippen LogP contribution >= 0.6 is 0 Å². The Hall–Kier alpha value is -0.953. The Morgan fingerprint density at radius 2 is 1.87 bits per heavy atom. The van der Waals surface area contributed by atoms with Gasteiger partial charge in [0.1, 0.15) is 8.07 Å². The van der Waals surface area contributed by atoms with Crippen LogP contribution in [0.4, 0.5) is 4.79 Å². The SMILES string of the molecule is CCOC(=O)OC(C)(C)C#C[Si](C)(C)C. The highest BCUT2D eigenvalue weighted by Crippen LogP contribution is 2.10. The van der Waals surface area contributed by atoms with Crippen molar-refractivity contribution in [3.05, 3.63) is 0 Å². The summed E-state index contributed by atoms with van der Waals surface area (Å²) in [5.41, 5.74) is 2.39. The Labute approximate surface area is 93.2 Å². The molecule has 0 radical (unpaired) electrons. The summed E-state index contributed by atoms with van der Waals surface area (Å²) in [6, 6.07) is 0. The van der Waals surface area contributed by atoms with Crippen LogP contribution in [0, 0.1) is 11.5 Å². The van der Waals surface area contributed by atoms with E-state index < -0.39 is 19.8 Å². The second kappa shape index (κ2) is 5.22. The van der Waals surface area contributed by atoms with Gasteiger partial charge in [0.15, 0.2) is 5.60 Å². The largest absolute Gasteiger partial charge is 0.509 e.